The summed E-state index contributed by atoms with van der Waals surface area (Å²) in [6.45, 7) is 0. The van der Waals surface area contributed by atoms with Gasteiger partial charge in [0, 0.05) is 17.3 Å². The summed E-state index contributed by atoms with van der Waals surface area (Å²) in [6, 6.07) is 6.87. The Morgan fingerprint density at radius 2 is 1.94 bits per heavy atom. The van der Waals surface area contributed by atoms with Gasteiger partial charge in [-0.3, -0.25) is 0 Å². The first kappa shape index (κ1) is 11.8. The van der Waals surface area contributed by atoms with Crippen LogP contribution in [0.4, 0.5) is 8.78 Å². The van der Waals surface area contributed by atoms with Crippen LogP contribution < -0.4 is 4.74 Å². The van der Waals surface area contributed by atoms with Gasteiger partial charge in [-0.1, -0.05) is 0 Å². The average Bonchev–Trinajstić information content (AvgIpc) is 2.77. The number of thioether (sulfide) groups is 1. The zero-order chi connectivity index (χ0) is 12.3. The van der Waals surface area contributed by atoms with Crippen molar-refractivity contribution in [3.8, 4) is 17.2 Å². The largest absolute Gasteiger partial charge is 0.497 e. The van der Waals surface area contributed by atoms with Gasteiger partial charge in [0.25, 0.3) is 11.0 Å². The average molecular weight is 258 g/mol. The summed E-state index contributed by atoms with van der Waals surface area (Å²) in [5.74, 6) is -1.68. The smallest absolute Gasteiger partial charge is 0.293 e. The Bertz CT molecular complexity index is 487. The van der Waals surface area contributed by atoms with Gasteiger partial charge >= 0.3 is 0 Å². The Morgan fingerprint density at radius 3 is 2.53 bits per heavy atom. The third kappa shape index (κ3) is 2.94. The molecule has 0 saturated carbocycles. The molecule has 0 N–H and O–H groups in total. The first-order valence-electron chi connectivity index (χ1n) is 4.62. The summed E-state index contributed by atoms with van der Waals surface area (Å²) in [4.78, 5) is 0. The van der Waals surface area contributed by atoms with Gasteiger partial charge in [0.2, 0.25) is 5.89 Å². The molecule has 0 fully saturated rings. The minimum Gasteiger partial charge on any atom is -0.497 e. The van der Waals surface area contributed by atoms with Crippen LogP contribution in [0.15, 0.2) is 33.9 Å². The Hall–Kier alpha value is -1.63. The molecule has 90 valence electrons. The molecule has 1 aromatic carbocycles. The number of rotatable bonds is 4. The monoisotopic (exact) mass is 258 g/mol. The molecule has 0 atom stereocenters. The summed E-state index contributed by atoms with van der Waals surface area (Å²) < 4.78 is 34.2. The fourth-order valence-electron chi connectivity index (χ4n) is 1.18. The molecule has 0 aliphatic carbocycles. The van der Waals surface area contributed by atoms with E-state index in [1.165, 1.54) is 0 Å². The van der Waals surface area contributed by atoms with Crippen molar-refractivity contribution in [1.82, 2.24) is 10.2 Å². The molecular formula is C10H8F2N2O2S. The Morgan fingerprint density at radius 1 is 1.24 bits per heavy atom. The summed E-state index contributed by atoms with van der Waals surface area (Å²) in [5.41, 5.74) is 0.652. The molecule has 7 heteroatoms. The first-order chi connectivity index (χ1) is 8.19. The second-order valence-corrected chi connectivity index (χ2v) is 3.92. The maximum Gasteiger partial charge on any atom is 0.293 e. The molecule has 1 aromatic heterocycles. The van der Waals surface area contributed by atoms with Gasteiger partial charge in [-0.2, -0.15) is 8.78 Å². The van der Waals surface area contributed by atoms with Crippen LogP contribution in [0, 0.1) is 0 Å². The van der Waals surface area contributed by atoms with E-state index < -0.39 is 5.76 Å². The van der Waals surface area contributed by atoms with Crippen LogP contribution in [0.3, 0.4) is 0 Å². The Kier molecular flexibility index (Phi) is 3.58. The van der Waals surface area contributed by atoms with E-state index in [1.54, 1.807) is 31.4 Å². The predicted octanol–water partition coefficient (Wildman–Crippen LogP) is 3.06. The number of aromatic nitrogens is 2. The number of alkyl halides is 2. The highest BCUT2D eigenvalue weighted by molar-refractivity contribution is 7.99. The third-order valence-electron chi connectivity index (χ3n) is 1.93. The topological polar surface area (TPSA) is 48.2 Å². The highest BCUT2D eigenvalue weighted by Gasteiger charge is 2.13. The molecule has 0 bridgehead atoms. The minimum atomic E-state index is -2.57. The molecule has 2 rings (SSSR count). The highest BCUT2D eigenvalue weighted by atomic mass is 32.2. The summed E-state index contributed by atoms with van der Waals surface area (Å²) >= 11 is 0.223. The molecule has 0 radical (unpaired) electrons. The van der Waals surface area contributed by atoms with Crippen molar-refractivity contribution in [3.05, 3.63) is 24.3 Å². The van der Waals surface area contributed by atoms with Gasteiger partial charge in [-0.15, -0.1) is 10.2 Å². The van der Waals surface area contributed by atoms with Crippen LogP contribution in [0.25, 0.3) is 11.5 Å². The Labute approximate surface area is 100.0 Å². The van der Waals surface area contributed by atoms with E-state index >= 15 is 0 Å². The number of methoxy groups -OCH3 is 1. The number of hydrogen-bond donors (Lipinski definition) is 0. The van der Waals surface area contributed by atoms with Gasteiger partial charge in [0.05, 0.1) is 7.11 Å². The molecule has 0 aliphatic rings. The molecule has 2 aromatic rings. The molecular weight excluding hydrogens is 250 g/mol. The SMILES string of the molecule is COc1ccc(-c2nnc(SC(F)F)o2)cc1. The lowest BCUT2D eigenvalue weighted by Gasteiger charge is -1.99. The van der Waals surface area contributed by atoms with Crippen LogP contribution in [0.5, 0.6) is 5.75 Å². The quantitative estimate of drug-likeness (QED) is 0.789. The molecule has 4 nitrogen and oxygen atoms in total. The maximum atomic E-state index is 12.0. The van der Waals surface area contributed by atoms with Crippen molar-refractivity contribution in [3.63, 3.8) is 0 Å². The summed E-state index contributed by atoms with van der Waals surface area (Å²) in [7, 11) is 1.55. The van der Waals surface area contributed by atoms with Crippen molar-refractivity contribution in [1.29, 1.82) is 0 Å². The van der Waals surface area contributed by atoms with Gasteiger partial charge in [-0.05, 0) is 24.3 Å². The second kappa shape index (κ2) is 5.13. The fourth-order valence-corrected chi connectivity index (χ4v) is 1.55. The minimum absolute atomic E-state index is 0.147. The molecule has 0 aliphatic heterocycles. The number of benzene rings is 1. The zero-order valence-corrected chi connectivity index (χ0v) is 9.58. The molecule has 1 heterocycles. The van der Waals surface area contributed by atoms with Crippen LogP contribution in [-0.2, 0) is 0 Å². The second-order valence-electron chi connectivity index (χ2n) is 2.98. The van der Waals surface area contributed by atoms with E-state index in [-0.39, 0.29) is 22.9 Å². The van der Waals surface area contributed by atoms with Crippen molar-refractivity contribution < 1.29 is 17.9 Å². The van der Waals surface area contributed by atoms with Gasteiger partial charge < -0.3 is 9.15 Å². The normalized spacial score (nSPS) is 10.8. The molecule has 0 amide bonds. The van der Waals surface area contributed by atoms with Gasteiger partial charge in [0.1, 0.15) is 5.75 Å². The molecule has 0 spiro atoms. The summed E-state index contributed by atoms with van der Waals surface area (Å²) in [5, 5.41) is 7.05. The predicted molar refractivity (Wildman–Crippen MR) is 58.1 cm³/mol. The fraction of sp³-hybridized carbons (Fsp3) is 0.200. The number of hydrogen-bond acceptors (Lipinski definition) is 5. The zero-order valence-electron chi connectivity index (χ0n) is 8.76. The number of ether oxygens (including phenoxy) is 1. The van der Waals surface area contributed by atoms with E-state index in [0.717, 1.165) is 0 Å². The molecule has 17 heavy (non-hydrogen) atoms. The van der Waals surface area contributed by atoms with Crippen molar-refractivity contribution in [2.45, 2.75) is 11.0 Å². The van der Waals surface area contributed by atoms with E-state index in [2.05, 4.69) is 10.2 Å². The van der Waals surface area contributed by atoms with Crippen LogP contribution in [0.2, 0.25) is 0 Å². The van der Waals surface area contributed by atoms with Crippen LogP contribution in [0.1, 0.15) is 0 Å². The van der Waals surface area contributed by atoms with Crippen LogP contribution >= 0.6 is 11.8 Å². The Balaban J connectivity index is 2.18. The lowest BCUT2D eigenvalue weighted by molar-refractivity contribution is 0.249. The standard InChI is InChI=1S/C10H8F2N2O2S/c1-15-7-4-2-6(3-5-7)8-13-14-10(16-8)17-9(11)12/h2-5,9H,1H3. The van der Waals surface area contributed by atoms with Gasteiger partial charge in [-0.25, -0.2) is 0 Å². The lowest BCUT2D eigenvalue weighted by atomic mass is 10.2. The lowest BCUT2D eigenvalue weighted by Crippen LogP contribution is -1.82. The third-order valence-corrected chi connectivity index (χ3v) is 2.48. The van der Waals surface area contributed by atoms with Crippen molar-refractivity contribution in [2.75, 3.05) is 7.11 Å². The van der Waals surface area contributed by atoms with Crippen molar-refractivity contribution >= 4 is 11.8 Å². The number of nitrogens with zero attached hydrogens (tertiary/aromatic N) is 2. The van der Waals surface area contributed by atoms with E-state index in [9.17, 15) is 8.78 Å². The van der Waals surface area contributed by atoms with E-state index in [4.69, 9.17) is 9.15 Å². The molecule has 0 unspecified atom stereocenters. The number of halogens is 2. The maximum absolute atomic E-state index is 12.0. The van der Waals surface area contributed by atoms with Crippen LogP contribution in [-0.4, -0.2) is 23.1 Å². The summed E-state index contributed by atoms with van der Waals surface area (Å²) in [6.07, 6.45) is 0. The van der Waals surface area contributed by atoms with Crippen molar-refractivity contribution in [2.24, 2.45) is 0 Å². The van der Waals surface area contributed by atoms with E-state index in [1.807, 2.05) is 0 Å². The van der Waals surface area contributed by atoms with Gasteiger partial charge in [0.15, 0.2) is 0 Å². The first-order valence-corrected chi connectivity index (χ1v) is 5.50. The van der Waals surface area contributed by atoms with E-state index in [0.29, 0.717) is 11.3 Å². The highest BCUT2D eigenvalue weighted by Crippen LogP contribution is 2.27. The molecule has 0 saturated heterocycles.